The lowest BCUT2D eigenvalue weighted by atomic mass is 10.0. The van der Waals surface area contributed by atoms with Crippen molar-refractivity contribution in [3.05, 3.63) is 77.6 Å². The Kier molecular flexibility index (Phi) is 4.11. The average Bonchev–Trinajstić information content (AvgIpc) is 3.57. The Bertz CT molecular complexity index is 1530. The molecular formula is C25H18N4OS. The molecule has 2 aromatic carbocycles. The van der Waals surface area contributed by atoms with Crippen molar-refractivity contribution in [2.24, 2.45) is 0 Å². The van der Waals surface area contributed by atoms with Crippen molar-refractivity contribution in [1.29, 1.82) is 0 Å². The molecule has 0 aliphatic heterocycles. The van der Waals surface area contributed by atoms with E-state index in [-0.39, 0.29) is 0 Å². The van der Waals surface area contributed by atoms with Gasteiger partial charge < -0.3 is 9.72 Å². The van der Waals surface area contributed by atoms with Gasteiger partial charge in [-0.05, 0) is 75.5 Å². The minimum absolute atomic E-state index is 0.840. The van der Waals surface area contributed by atoms with E-state index in [0.717, 1.165) is 50.2 Å². The minimum Gasteiger partial charge on any atom is -0.497 e. The van der Waals surface area contributed by atoms with Gasteiger partial charge in [-0.3, -0.25) is 5.10 Å². The lowest BCUT2D eigenvalue weighted by Gasteiger charge is -2.05. The van der Waals surface area contributed by atoms with Crippen molar-refractivity contribution in [2.45, 2.75) is 0 Å². The van der Waals surface area contributed by atoms with Crippen molar-refractivity contribution in [1.82, 2.24) is 20.2 Å². The molecule has 0 atom stereocenters. The van der Waals surface area contributed by atoms with E-state index < -0.39 is 0 Å². The predicted molar refractivity (Wildman–Crippen MR) is 126 cm³/mol. The third kappa shape index (κ3) is 3.00. The Balaban J connectivity index is 1.50. The second kappa shape index (κ2) is 7.11. The van der Waals surface area contributed by atoms with Gasteiger partial charge in [0.1, 0.15) is 17.1 Å². The van der Waals surface area contributed by atoms with E-state index in [9.17, 15) is 0 Å². The Morgan fingerprint density at radius 1 is 0.903 bits per heavy atom. The molecule has 0 radical (unpaired) electrons. The van der Waals surface area contributed by atoms with Crippen LogP contribution in [0.3, 0.4) is 0 Å². The van der Waals surface area contributed by atoms with Crippen LogP contribution in [0.4, 0.5) is 0 Å². The molecule has 0 amide bonds. The van der Waals surface area contributed by atoms with Gasteiger partial charge in [0.25, 0.3) is 0 Å². The highest BCUT2D eigenvalue weighted by molar-refractivity contribution is 7.08. The molecule has 0 unspecified atom stereocenters. The highest BCUT2D eigenvalue weighted by Crippen LogP contribution is 2.35. The van der Waals surface area contributed by atoms with E-state index in [1.165, 1.54) is 11.1 Å². The van der Waals surface area contributed by atoms with Crippen molar-refractivity contribution in [2.75, 3.05) is 7.11 Å². The number of thiophene rings is 1. The van der Waals surface area contributed by atoms with Crippen molar-refractivity contribution in [3.8, 4) is 39.4 Å². The normalized spacial score (nSPS) is 11.4. The zero-order valence-corrected chi connectivity index (χ0v) is 17.5. The van der Waals surface area contributed by atoms with Gasteiger partial charge >= 0.3 is 0 Å². The quantitative estimate of drug-likeness (QED) is 0.340. The molecule has 6 aromatic rings. The maximum Gasteiger partial charge on any atom is 0.138 e. The smallest absolute Gasteiger partial charge is 0.138 e. The van der Waals surface area contributed by atoms with Crippen LogP contribution < -0.4 is 4.74 Å². The predicted octanol–water partition coefficient (Wildman–Crippen LogP) is 6.51. The highest BCUT2D eigenvalue weighted by atomic mass is 32.1. The molecule has 0 spiro atoms. The summed E-state index contributed by atoms with van der Waals surface area (Å²) < 4.78 is 5.39. The number of pyridine rings is 1. The van der Waals surface area contributed by atoms with Gasteiger partial charge in [-0.1, -0.05) is 18.2 Å². The van der Waals surface area contributed by atoms with Crippen LogP contribution >= 0.6 is 11.3 Å². The second-order valence-electron chi connectivity index (χ2n) is 7.38. The average molecular weight is 423 g/mol. The number of aromatic nitrogens is 4. The summed E-state index contributed by atoms with van der Waals surface area (Å²) in [4.78, 5) is 8.00. The summed E-state index contributed by atoms with van der Waals surface area (Å²) in [6, 6.07) is 20.8. The fourth-order valence-corrected chi connectivity index (χ4v) is 4.68. The van der Waals surface area contributed by atoms with E-state index in [1.807, 2.05) is 24.4 Å². The fourth-order valence-electron chi connectivity index (χ4n) is 4.03. The molecule has 31 heavy (non-hydrogen) atoms. The Morgan fingerprint density at radius 3 is 2.71 bits per heavy atom. The number of aromatic amines is 2. The largest absolute Gasteiger partial charge is 0.497 e. The summed E-state index contributed by atoms with van der Waals surface area (Å²) in [7, 11) is 1.69. The number of fused-ring (bicyclic) bond motifs is 2. The standard InChI is InChI=1S/C25H18N4OS/c1-30-18-4-2-3-15(11-18)16-5-6-22-21(12-16)24(29-28-22)23-13-20-19(17-8-10-31-14-17)7-9-26-25(20)27-23/h2-14H,1H3,(H,26,27)(H,28,29). The Morgan fingerprint density at radius 2 is 1.84 bits per heavy atom. The summed E-state index contributed by atoms with van der Waals surface area (Å²) in [6.07, 6.45) is 1.85. The molecule has 0 bridgehead atoms. The number of benzene rings is 2. The zero-order valence-electron chi connectivity index (χ0n) is 16.7. The summed E-state index contributed by atoms with van der Waals surface area (Å²) in [5, 5.41) is 14.2. The molecule has 5 nitrogen and oxygen atoms in total. The topological polar surface area (TPSA) is 66.6 Å². The fraction of sp³-hybridized carbons (Fsp3) is 0.0400. The van der Waals surface area contributed by atoms with Crippen molar-refractivity contribution < 1.29 is 4.74 Å². The Hall–Kier alpha value is -3.90. The number of H-pyrrole nitrogens is 2. The van der Waals surface area contributed by atoms with Crippen LogP contribution in [0, 0.1) is 0 Å². The monoisotopic (exact) mass is 422 g/mol. The molecule has 0 aliphatic carbocycles. The number of nitrogens with zero attached hydrogens (tertiary/aromatic N) is 2. The molecule has 0 aliphatic rings. The zero-order chi connectivity index (χ0) is 20.8. The molecular weight excluding hydrogens is 404 g/mol. The van der Waals surface area contributed by atoms with E-state index >= 15 is 0 Å². The molecule has 6 heteroatoms. The van der Waals surface area contributed by atoms with Crippen molar-refractivity contribution >= 4 is 33.3 Å². The van der Waals surface area contributed by atoms with E-state index in [2.05, 4.69) is 73.4 Å². The Labute approximate surface area is 182 Å². The van der Waals surface area contributed by atoms with Crippen LogP contribution in [0.15, 0.2) is 77.6 Å². The van der Waals surface area contributed by atoms with Crippen LogP contribution in [0.1, 0.15) is 0 Å². The number of rotatable bonds is 4. The van der Waals surface area contributed by atoms with E-state index in [0.29, 0.717) is 0 Å². The molecule has 0 fully saturated rings. The van der Waals surface area contributed by atoms with Crippen LogP contribution in [-0.4, -0.2) is 27.3 Å². The summed E-state index contributed by atoms with van der Waals surface area (Å²) in [5.41, 5.74) is 8.27. The van der Waals surface area contributed by atoms with Gasteiger partial charge in [0.2, 0.25) is 0 Å². The van der Waals surface area contributed by atoms with Crippen LogP contribution in [0.5, 0.6) is 5.75 Å². The first kappa shape index (κ1) is 17.9. The molecule has 2 N–H and O–H groups in total. The van der Waals surface area contributed by atoms with Crippen LogP contribution in [0.2, 0.25) is 0 Å². The molecule has 0 saturated carbocycles. The number of ether oxygens (including phenoxy) is 1. The van der Waals surface area contributed by atoms with Gasteiger partial charge in [-0.25, -0.2) is 4.98 Å². The van der Waals surface area contributed by atoms with Gasteiger partial charge in [-0.2, -0.15) is 16.4 Å². The summed E-state index contributed by atoms with van der Waals surface area (Å²) in [5.74, 6) is 0.840. The van der Waals surface area contributed by atoms with Crippen LogP contribution in [0.25, 0.3) is 55.6 Å². The van der Waals surface area contributed by atoms with E-state index in [1.54, 1.807) is 18.4 Å². The molecule has 0 saturated heterocycles. The molecule has 4 aromatic heterocycles. The van der Waals surface area contributed by atoms with Crippen molar-refractivity contribution in [3.63, 3.8) is 0 Å². The first-order valence-corrected chi connectivity index (χ1v) is 10.9. The maximum atomic E-state index is 5.39. The number of methoxy groups -OCH3 is 1. The highest BCUT2D eigenvalue weighted by Gasteiger charge is 2.15. The van der Waals surface area contributed by atoms with Gasteiger partial charge in [0, 0.05) is 17.0 Å². The third-order valence-electron chi connectivity index (χ3n) is 5.59. The molecule has 6 rings (SSSR count). The van der Waals surface area contributed by atoms with E-state index in [4.69, 9.17) is 4.74 Å². The SMILES string of the molecule is COc1cccc(-c2ccc3[nH]nc(-c4cc5c(-c6ccsc6)ccnc5[nH]4)c3c2)c1. The van der Waals surface area contributed by atoms with Gasteiger partial charge in [0.15, 0.2) is 0 Å². The number of hydrogen-bond acceptors (Lipinski definition) is 4. The summed E-state index contributed by atoms with van der Waals surface area (Å²) >= 11 is 1.69. The first-order valence-electron chi connectivity index (χ1n) is 9.93. The second-order valence-corrected chi connectivity index (χ2v) is 8.16. The lowest BCUT2D eigenvalue weighted by Crippen LogP contribution is -1.84. The summed E-state index contributed by atoms with van der Waals surface area (Å²) in [6.45, 7) is 0. The first-order chi connectivity index (χ1) is 15.3. The molecule has 150 valence electrons. The lowest BCUT2D eigenvalue weighted by molar-refractivity contribution is 0.415. The number of nitrogens with one attached hydrogen (secondary N) is 2. The number of hydrogen-bond donors (Lipinski definition) is 2. The third-order valence-corrected chi connectivity index (χ3v) is 6.27. The van der Waals surface area contributed by atoms with Crippen LogP contribution in [-0.2, 0) is 0 Å². The minimum atomic E-state index is 0.840. The van der Waals surface area contributed by atoms with Gasteiger partial charge in [0.05, 0.1) is 18.3 Å². The molecule has 4 heterocycles. The maximum absolute atomic E-state index is 5.39. The van der Waals surface area contributed by atoms with Gasteiger partial charge in [-0.15, -0.1) is 0 Å².